The van der Waals surface area contributed by atoms with Crippen LogP contribution in [0.4, 0.5) is 0 Å². The van der Waals surface area contributed by atoms with Gasteiger partial charge in [-0.3, -0.25) is 4.79 Å². The van der Waals surface area contributed by atoms with Crippen LogP contribution in [0.15, 0.2) is 18.2 Å². The number of aryl methyl sites for hydroxylation is 1. The van der Waals surface area contributed by atoms with E-state index in [-0.39, 0.29) is 0 Å². The molecule has 0 aliphatic rings. The highest BCUT2D eigenvalue weighted by molar-refractivity contribution is 5.77. The Balaban J connectivity index is 2.92. The minimum Gasteiger partial charge on any atom is -0.494 e. The zero-order valence-electron chi connectivity index (χ0n) is 9.82. The van der Waals surface area contributed by atoms with E-state index >= 15 is 0 Å². The summed E-state index contributed by atoms with van der Waals surface area (Å²) in [5.74, 6) is 0.367. The molecule has 0 radical (unpaired) electrons. The van der Waals surface area contributed by atoms with E-state index in [0.29, 0.717) is 6.61 Å². The lowest BCUT2D eigenvalue weighted by molar-refractivity contribution is -0.142. The minimum atomic E-state index is -0.737. The van der Waals surface area contributed by atoms with Crippen molar-refractivity contribution >= 4 is 5.97 Å². The molecule has 0 saturated heterocycles. The molecule has 2 N–H and O–H groups in total. The van der Waals surface area contributed by atoms with Crippen LogP contribution in [0.2, 0.25) is 0 Å². The lowest BCUT2D eigenvalue weighted by Gasteiger charge is -2.12. The molecular formula is C12H17NO3. The summed E-state index contributed by atoms with van der Waals surface area (Å²) in [4.78, 5) is 11.3. The molecule has 0 bridgehead atoms. The van der Waals surface area contributed by atoms with Crippen LogP contribution in [0.5, 0.6) is 5.75 Å². The Hall–Kier alpha value is -1.55. The topological polar surface area (TPSA) is 61.5 Å². The third-order valence-corrected chi connectivity index (χ3v) is 2.31. The monoisotopic (exact) mass is 223 g/mol. The summed E-state index contributed by atoms with van der Waals surface area (Å²) in [7, 11) is 1.32. The van der Waals surface area contributed by atoms with Gasteiger partial charge in [-0.1, -0.05) is 12.1 Å². The molecule has 0 spiro atoms. The first kappa shape index (κ1) is 12.5. The van der Waals surface area contributed by atoms with E-state index in [1.165, 1.54) is 7.11 Å². The van der Waals surface area contributed by atoms with Crippen LogP contribution in [0.3, 0.4) is 0 Å². The molecule has 0 aromatic heterocycles. The maximum atomic E-state index is 11.3. The number of benzene rings is 1. The molecule has 0 amide bonds. The second-order valence-corrected chi connectivity index (χ2v) is 3.46. The van der Waals surface area contributed by atoms with Gasteiger partial charge in [-0.2, -0.15) is 0 Å². The fourth-order valence-electron chi connectivity index (χ4n) is 1.45. The quantitative estimate of drug-likeness (QED) is 0.787. The Kier molecular flexibility index (Phi) is 4.31. The summed E-state index contributed by atoms with van der Waals surface area (Å²) in [5, 5.41) is 0. The van der Waals surface area contributed by atoms with E-state index in [1.54, 1.807) is 6.07 Å². The van der Waals surface area contributed by atoms with Gasteiger partial charge in [0.05, 0.1) is 13.7 Å². The number of methoxy groups -OCH3 is 1. The zero-order chi connectivity index (χ0) is 12.1. The number of ether oxygens (including phenoxy) is 2. The third-order valence-electron chi connectivity index (χ3n) is 2.31. The Morgan fingerprint density at radius 1 is 1.50 bits per heavy atom. The minimum absolute atomic E-state index is 0.441. The van der Waals surface area contributed by atoms with Crippen LogP contribution in [0.25, 0.3) is 0 Å². The highest BCUT2D eigenvalue weighted by atomic mass is 16.5. The van der Waals surface area contributed by atoms with Crippen LogP contribution in [0.1, 0.15) is 24.1 Å². The molecule has 1 unspecified atom stereocenters. The summed E-state index contributed by atoms with van der Waals surface area (Å²) >= 11 is 0. The van der Waals surface area contributed by atoms with E-state index < -0.39 is 12.0 Å². The molecular weight excluding hydrogens is 206 g/mol. The molecule has 1 rings (SSSR count). The molecule has 0 aliphatic heterocycles. The van der Waals surface area contributed by atoms with Crippen LogP contribution >= 0.6 is 0 Å². The first-order valence-corrected chi connectivity index (χ1v) is 5.17. The second-order valence-electron chi connectivity index (χ2n) is 3.46. The van der Waals surface area contributed by atoms with Crippen LogP contribution in [0, 0.1) is 6.92 Å². The van der Waals surface area contributed by atoms with E-state index in [1.807, 2.05) is 26.0 Å². The lowest BCUT2D eigenvalue weighted by atomic mass is 10.0. The van der Waals surface area contributed by atoms with Gasteiger partial charge in [-0.05, 0) is 31.0 Å². The summed E-state index contributed by atoms with van der Waals surface area (Å²) in [6.45, 7) is 4.45. The predicted molar refractivity (Wildman–Crippen MR) is 61.3 cm³/mol. The number of carbonyl (C=O) groups is 1. The van der Waals surface area contributed by atoms with Crippen LogP contribution in [-0.4, -0.2) is 19.7 Å². The molecule has 0 heterocycles. The van der Waals surface area contributed by atoms with E-state index in [0.717, 1.165) is 16.9 Å². The van der Waals surface area contributed by atoms with Crippen molar-refractivity contribution in [3.63, 3.8) is 0 Å². The van der Waals surface area contributed by atoms with Gasteiger partial charge < -0.3 is 15.2 Å². The maximum Gasteiger partial charge on any atom is 0.327 e. The average molecular weight is 223 g/mol. The number of nitrogens with two attached hydrogens (primary N) is 1. The number of hydrogen-bond acceptors (Lipinski definition) is 4. The van der Waals surface area contributed by atoms with E-state index in [9.17, 15) is 4.79 Å². The highest BCUT2D eigenvalue weighted by Crippen LogP contribution is 2.22. The standard InChI is InChI=1S/C12H17NO3/c1-4-16-10-6-5-9(7-8(10)2)11(13)12(14)15-3/h5-7,11H,4,13H2,1-3H3. The molecule has 1 aromatic carbocycles. The number of hydrogen-bond donors (Lipinski definition) is 1. The SMILES string of the molecule is CCOc1ccc(C(N)C(=O)OC)cc1C. The van der Waals surface area contributed by atoms with Crippen LogP contribution in [-0.2, 0) is 9.53 Å². The fraction of sp³-hybridized carbons (Fsp3) is 0.417. The van der Waals surface area contributed by atoms with Crippen molar-refractivity contribution in [1.29, 1.82) is 0 Å². The van der Waals surface area contributed by atoms with Gasteiger partial charge >= 0.3 is 5.97 Å². The maximum absolute atomic E-state index is 11.3. The molecule has 0 aliphatic carbocycles. The number of esters is 1. The van der Waals surface area contributed by atoms with Crippen molar-refractivity contribution in [2.75, 3.05) is 13.7 Å². The van der Waals surface area contributed by atoms with Gasteiger partial charge in [-0.25, -0.2) is 0 Å². The van der Waals surface area contributed by atoms with E-state index in [4.69, 9.17) is 10.5 Å². The Morgan fingerprint density at radius 2 is 2.19 bits per heavy atom. The van der Waals surface area contributed by atoms with Crippen molar-refractivity contribution < 1.29 is 14.3 Å². The van der Waals surface area contributed by atoms with Gasteiger partial charge in [0.2, 0.25) is 0 Å². The van der Waals surface area contributed by atoms with Crippen LogP contribution < -0.4 is 10.5 Å². The summed E-state index contributed by atoms with van der Waals surface area (Å²) < 4.78 is 9.99. The fourth-order valence-corrected chi connectivity index (χ4v) is 1.45. The van der Waals surface area contributed by atoms with Gasteiger partial charge in [0.15, 0.2) is 0 Å². The predicted octanol–water partition coefficient (Wildman–Crippen LogP) is 1.57. The van der Waals surface area contributed by atoms with Crippen molar-refractivity contribution in [2.45, 2.75) is 19.9 Å². The first-order valence-electron chi connectivity index (χ1n) is 5.17. The lowest BCUT2D eigenvalue weighted by Crippen LogP contribution is -2.22. The smallest absolute Gasteiger partial charge is 0.327 e. The Labute approximate surface area is 95.3 Å². The zero-order valence-corrected chi connectivity index (χ0v) is 9.82. The normalized spacial score (nSPS) is 12.0. The second kappa shape index (κ2) is 5.51. The average Bonchev–Trinajstić information content (AvgIpc) is 2.30. The van der Waals surface area contributed by atoms with Gasteiger partial charge in [-0.15, -0.1) is 0 Å². The molecule has 88 valence electrons. The Morgan fingerprint density at radius 3 is 2.69 bits per heavy atom. The third kappa shape index (κ3) is 2.73. The van der Waals surface area contributed by atoms with Crippen molar-refractivity contribution in [2.24, 2.45) is 5.73 Å². The van der Waals surface area contributed by atoms with Gasteiger partial charge in [0, 0.05) is 0 Å². The van der Waals surface area contributed by atoms with Gasteiger partial charge in [0.1, 0.15) is 11.8 Å². The van der Waals surface area contributed by atoms with Gasteiger partial charge in [0.25, 0.3) is 0 Å². The molecule has 1 aromatic rings. The highest BCUT2D eigenvalue weighted by Gasteiger charge is 2.16. The molecule has 0 saturated carbocycles. The molecule has 0 fully saturated rings. The van der Waals surface area contributed by atoms with E-state index in [2.05, 4.69) is 4.74 Å². The van der Waals surface area contributed by atoms with Crippen molar-refractivity contribution in [3.05, 3.63) is 29.3 Å². The summed E-state index contributed by atoms with van der Waals surface area (Å²) in [6, 6.07) is 4.70. The summed E-state index contributed by atoms with van der Waals surface area (Å²) in [5.41, 5.74) is 7.41. The molecule has 1 atom stereocenters. The molecule has 16 heavy (non-hydrogen) atoms. The molecule has 4 heteroatoms. The first-order chi connectivity index (χ1) is 7.60. The number of rotatable bonds is 4. The largest absolute Gasteiger partial charge is 0.494 e. The van der Waals surface area contributed by atoms with Crippen molar-refractivity contribution in [1.82, 2.24) is 0 Å². The van der Waals surface area contributed by atoms with Crippen molar-refractivity contribution in [3.8, 4) is 5.75 Å². The Bertz CT molecular complexity index is 377. The number of carbonyl (C=O) groups excluding carboxylic acids is 1. The molecule has 4 nitrogen and oxygen atoms in total. The summed E-state index contributed by atoms with van der Waals surface area (Å²) in [6.07, 6.45) is 0.